The molecule has 18 heavy (non-hydrogen) atoms. The van der Waals surface area contributed by atoms with E-state index in [9.17, 15) is 4.79 Å². The Morgan fingerprint density at radius 2 is 2.17 bits per heavy atom. The van der Waals surface area contributed by atoms with E-state index in [4.69, 9.17) is 0 Å². The SMILES string of the molecule is CCc1cc(=O)[nH]c(SCCN2CCCCC2)n1. The summed E-state index contributed by atoms with van der Waals surface area (Å²) in [4.78, 5) is 21.1. The lowest BCUT2D eigenvalue weighted by atomic mass is 10.1. The second-order valence-electron chi connectivity index (χ2n) is 4.65. The highest BCUT2D eigenvalue weighted by Crippen LogP contribution is 2.14. The van der Waals surface area contributed by atoms with Crippen molar-refractivity contribution in [3.63, 3.8) is 0 Å². The van der Waals surface area contributed by atoms with Gasteiger partial charge in [0, 0.05) is 24.1 Å². The highest BCUT2D eigenvalue weighted by Gasteiger charge is 2.09. The summed E-state index contributed by atoms with van der Waals surface area (Å²) in [6.07, 6.45) is 4.83. The molecule has 1 aliphatic heterocycles. The Morgan fingerprint density at radius 3 is 2.89 bits per heavy atom. The molecular weight excluding hydrogens is 246 g/mol. The third-order valence-corrected chi connectivity index (χ3v) is 4.08. The van der Waals surface area contributed by atoms with E-state index in [1.807, 2.05) is 6.92 Å². The number of hydrogen-bond acceptors (Lipinski definition) is 4. The van der Waals surface area contributed by atoms with Crippen LogP contribution in [0.15, 0.2) is 16.0 Å². The minimum absolute atomic E-state index is 0.0395. The van der Waals surface area contributed by atoms with Gasteiger partial charge in [0.05, 0.1) is 0 Å². The van der Waals surface area contributed by atoms with Crippen molar-refractivity contribution in [2.45, 2.75) is 37.8 Å². The minimum Gasteiger partial charge on any atom is -0.303 e. The number of aryl methyl sites for hydroxylation is 1. The molecule has 5 heteroatoms. The predicted molar refractivity (Wildman–Crippen MR) is 75.3 cm³/mol. The van der Waals surface area contributed by atoms with Gasteiger partial charge in [-0.1, -0.05) is 25.1 Å². The summed E-state index contributed by atoms with van der Waals surface area (Å²) in [5.74, 6) is 0.996. The molecule has 100 valence electrons. The number of nitrogens with one attached hydrogen (secondary N) is 1. The molecule has 0 amide bonds. The van der Waals surface area contributed by atoms with Gasteiger partial charge in [0.1, 0.15) is 0 Å². The Labute approximate surface area is 112 Å². The first kappa shape index (κ1) is 13.6. The van der Waals surface area contributed by atoms with Crippen LogP contribution in [0.1, 0.15) is 31.9 Å². The second kappa shape index (κ2) is 6.95. The monoisotopic (exact) mass is 267 g/mol. The normalized spacial score (nSPS) is 16.9. The van der Waals surface area contributed by atoms with Crippen molar-refractivity contribution < 1.29 is 0 Å². The third kappa shape index (κ3) is 4.14. The molecule has 0 unspecified atom stereocenters. The Hall–Kier alpha value is -0.810. The summed E-state index contributed by atoms with van der Waals surface area (Å²) in [6.45, 7) is 5.55. The molecule has 2 heterocycles. The van der Waals surface area contributed by atoms with Gasteiger partial charge in [-0.2, -0.15) is 0 Å². The fourth-order valence-corrected chi connectivity index (χ4v) is 3.08. The van der Waals surface area contributed by atoms with Gasteiger partial charge < -0.3 is 9.88 Å². The lowest BCUT2D eigenvalue weighted by molar-refractivity contribution is 0.242. The number of thioether (sulfide) groups is 1. The number of rotatable bonds is 5. The first-order valence-corrected chi connectivity index (χ1v) is 7.72. The number of nitrogens with zero attached hydrogens (tertiary/aromatic N) is 2. The van der Waals surface area contributed by atoms with Crippen molar-refractivity contribution in [2.75, 3.05) is 25.4 Å². The minimum atomic E-state index is -0.0395. The lowest BCUT2D eigenvalue weighted by Crippen LogP contribution is -2.31. The number of likely N-dealkylation sites (tertiary alicyclic amines) is 1. The molecule has 1 N–H and O–H groups in total. The predicted octanol–water partition coefficient (Wildman–Crippen LogP) is 1.91. The molecule has 1 aromatic rings. The van der Waals surface area contributed by atoms with E-state index in [-0.39, 0.29) is 5.56 Å². The summed E-state index contributed by atoms with van der Waals surface area (Å²) in [7, 11) is 0. The van der Waals surface area contributed by atoms with Crippen LogP contribution < -0.4 is 5.56 Å². The van der Waals surface area contributed by atoms with Gasteiger partial charge in [-0.15, -0.1) is 0 Å². The fourth-order valence-electron chi connectivity index (χ4n) is 2.19. The van der Waals surface area contributed by atoms with E-state index in [0.717, 1.165) is 29.6 Å². The van der Waals surface area contributed by atoms with E-state index >= 15 is 0 Å². The molecule has 0 aliphatic carbocycles. The molecule has 1 fully saturated rings. The van der Waals surface area contributed by atoms with Crippen molar-refractivity contribution in [3.8, 4) is 0 Å². The number of piperidine rings is 1. The van der Waals surface area contributed by atoms with Gasteiger partial charge in [-0.3, -0.25) is 4.79 Å². The highest BCUT2D eigenvalue weighted by atomic mass is 32.2. The topological polar surface area (TPSA) is 49.0 Å². The second-order valence-corrected chi connectivity index (χ2v) is 5.73. The number of aromatic nitrogens is 2. The molecule has 1 aromatic heterocycles. The third-order valence-electron chi connectivity index (χ3n) is 3.23. The van der Waals surface area contributed by atoms with Crippen LogP contribution in [0.3, 0.4) is 0 Å². The lowest BCUT2D eigenvalue weighted by Gasteiger charge is -2.25. The van der Waals surface area contributed by atoms with Crippen LogP contribution in [-0.2, 0) is 6.42 Å². The summed E-state index contributed by atoms with van der Waals surface area (Å²) < 4.78 is 0. The zero-order chi connectivity index (χ0) is 12.8. The van der Waals surface area contributed by atoms with Gasteiger partial charge >= 0.3 is 0 Å². The van der Waals surface area contributed by atoms with Crippen molar-refractivity contribution in [1.82, 2.24) is 14.9 Å². The Balaban J connectivity index is 1.82. The summed E-state index contributed by atoms with van der Waals surface area (Å²) >= 11 is 1.65. The summed E-state index contributed by atoms with van der Waals surface area (Å²) in [6, 6.07) is 1.58. The van der Waals surface area contributed by atoms with Crippen LogP contribution in [0.25, 0.3) is 0 Å². The molecule has 0 bridgehead atoms. The smallest absolute Gasteiger partial charge is 0.251 e. The van der Waals surface area contributed by atoms with Gasteiger partial charge in [0.15, 0.2) is 5.16 Å². The van der Waals surface area contributed by atoms with Crippen molar-refractivity contribution in [2.24, 2.45) is 0 Å². The zero-order valence-electron chi connectivity index (χ0n) is 10.9. The van der Waals surface area contributed by atoms with E-state index in [1.165, 1.54) is 32.4 Å². The Bertz CT molecular complexity index is 426. The zero-order valence-corrected chi connectivity index (χ0v) is 11.8. The van der Waals surface area contributed by atoms with Crippen LogP contribution in [0, 0.1) is 0 Å². The maximum atomic E-state index is 11.4. The van der Waals surface area contributed by atoms with Gasteiger partial charge in [0.2, 0.25) is 0 Å². The number of H-pyrrole nitrogens is 1. The van der Waals surface area contributed by atoms with E-state index < -0.39 is 0 Å². The number of hydrogen-bond donors (Lipinski definition) is 1. The van der Waals surface area contributed by atoms with Crippen LogP contribution in [0.5, 0.6) is 0 Å². The Kier molecular flexibility index (Phi) is 5.26. The molecule has 0 radical (unpaired) electrons. The standard InChI is InChI=1S/C13H21N3OS/c1-2-11-10-12(17)15-13(14-11)18-9-8-16-6-4-3-5-7-16/h10H,2-9H2,1H3,(H,14,15,17). The molecule has 0 spiro atoms. The quantitative estimate of drug-likeness (QED) is 0.654. The first-order valence-electron chi connectivity index (χ1n) is 6.73. The molecular formula is C13H21N3OS. The molecule has 2 rings (SSSR count). The average Bonchev–Trinajstić information content (AvgIpc) is 2.39. The van der Waals surface area contributed by atoms with E-state index in [0.29, 0.717) is 0 Å². The van der Waals surface area contributed by atoms with Crippen molar-refractivity contribution >= 4 is 11.8 Å². The van der Waals surface area contributed by atoms with Gasteiger partial charge in [-0.25, -0.2) is 4.98 Å². The van der Waals surface area contributed by atoms with E-state index in [2.05, 4.69) is 14.9 Å². The molecule has 0 saturated carbocycles. The van der Waals surface area contributed by atoms with Crippen LogP contribution in [0.4, 0.5) is 0 Å². The largest absolute Gasteiger partial charge is 0.303 e. The Morgan fingerprint density at radius 1 is 1.39 bits per heavy atom. The fraction of sp³-hybridized carbons (Fsp3) is 0.692. The molecule has 1 aliphatic rings. The molecule has 0 atom stereocenters. The van der Waals surface area contributed by atoms with Crippen molar-refractivity contribution in [1.29, 1.82) is 0 Å². The molecule has 0 aromatic carbocycles. The first-order chi connectivity index (χ1) is 8.78. The summed E-state index contributed by atoms with van der Waals surface area (Å²) in [5, 5.41) is 0.761. The number of aromatic amines is 1. The van der Waals surface area contributed by atoms with Gasteiger partial charge in [0.25, 0.3) is 5.56 Å². The summed E-state index contributed by atoms with van der Waals surface area (Å²) in [5.41, 5.74) is 0.835. The highest BCUT2D eigenvalue weighted by molar-refractivity contribution is 7.99. The van der Waals surface area contributed by atoms with Crippen LogP contribution >= 0.6 is 11.8 Å². The van der Waals surface area contributed by atoms with Gasteiger partial charge in [-0.05, 0) is 32.4 Å². The average molecular weight is 267 g/mol. The maximum Gasteiger partial charge on any atom is 0.251 e. The maximum absolute atomic E-state index is 11.4. The molecule has 4 nitrogen and oxygen atoms in total. The van der Waals surface area contributed by atoms with Crippen molar-refractivity contribution in [3.05, 3.63) is 22.1 Å². The molecule has 1 saturated heterocycles. The van der Waals surface area contributed by atoms with Crippen LogP contribution in [0.2, 0.25) is 0 Å². The van der Waals surface area contributed by atoms with E-state index in [1.54, 1.807) is 17.8 Å². The van der Waals surface area contributed by atoms with Crippen LogP contribution in [-0.4, -0.2) is 40.3 Å².